The predicted octanol–water partition coefficient (Wildman–Crippen LogP) is 4.01. The Labute approximate surface area is 222 Å². The highest BCUT2D eigenvalue weighted by Crippen LogP contribution is 2.39. The number of carbonyl (C=O) groups excluding carboxylic acids is 1. The van der Waals surface area contributed by atoms with Crippen LogP contribution in [0.1, 0.15) is 55.5 Å². The molecule has 0 spiro atoms. The molecule has 1 aromatic carbocycles. The molecule has 1 fully saturated rings. The standard InChI is InChI=1S/C29H33N3O6/c1-36-24-13-12-20-17-32(28(33)26(19-8-3-2-4-9-19)38-21-10-5-6-11-21)23(29(34)35)16-22(20)27(24)37-18-25-30-14-7-15-31-25/h3,7-9,12-15,21,23,26H,2,4-6,10-11,16-18H2,1H3,(H,34,35)/t23-,26-/m1/s1. The average molecular weight is 520 g/mol. The fraction of sp³-hybridized carbons (Fsp3) is 0.448. The Kier molecular flexibility index (Phi) is 8.03. The number of ether oxygens (including phenoxy) is 3. The molecule has 1 amide bonds. The molecular weight excluding hydrogens is 486 g/mol. The first-order valence-corrected chi connectivity index (χ1v) is 13.2. The Bertz CT molecular complexity index is 1220. The second kappa shape index (κ2) is 11.8. The lowest BCUT2D eigenvalue weighted by Crippen LogP contribution is -2.53. The van der Waals surface area contributed by atoms with Gasteiger partial charge >= 0.3 is 5.97 Å². The number of amides is 1. The number of carbonyl (C=O) groups is 2. The van der Waals surface area contributed by atoms with Crippen LogP contribution in [0.25, 0.3) is 0 Å². The third kappa shape index (κ3) is 5.57. The number of hydrogen-bond acceptors (Lipinski definition) is 7. The zero-order valence-electron chi connectivity index (χ0n) is 21.5. The van der Waals surface area contributed by atoms with E-state index < -0.39 is 18.1 Å². The number of methoxy groups -OCH3 is 1. The van der Waals surface area contributed by atoms with Crippen LogP contribution in [0.15, 0.2) is 54.4 Å². The van der Waals surface area contributed by atoms with E-state index in [1.807, 2.05) is 24.3 Å². The monoisotopic (exact) mass is 519 g/mol. The van der Waals surface area contributed by atoms with Crippen LogP contribution in [0.3, 0.4) is 0 Å². The molecule has 9 heteroatoms. The largest absolute Gasteiger partial charge is 0.493 e. The van der Waals surface area contributed by atoms with Gasteiger partial charge in [0.1, 0.15) is 12.6 Å². The SMILES string of the molecule is COc1ccc2c(c1OCc1ncccn1)C[C@H](C(=O)O)N(C(=O)[C@H](OC1CCCC1)C1=CCCC=C1)C2. The first kappa shape index (κ1) is 25.9. The van der Waals surface area contributed by atoms with Gasteiger partial charge in [-0.2, -0.15) is 0 Å². The smallest absolute Gasteiger partial charge is 0.326 e. The third-order valence-electron chi connectivity index (χ3n) is 7.37. The van der Waals surface area contributed by atoms with Crippen LogP contribution in [0, 0.1) is 0 Å². The van der Waals surface area contributed by atoms with E-state index in [-0.39, 0.29) is 31.6 Å². The molecule has 1 aliphatic heterocycles. The fourth-order valence-electron chi connectivity index (χ4n) is 5.40. The third-order valence-corrected chi connectivity index (χ3v) is 7.37. The van der Waals surface area contributed by atoms with E-state index in [2.05, 4.69) is 9.97 Å². The lowest BCUT2D eigenvalue weighted by atomic mass is 9.91. The van der Waals surface area contributed by atoms with E-state index in [9.17, 15) is 14.7 Å². The normalized spacial score (nSPS) is 20.0. The minimum absolute atomic E-state index is 0.00463. The number of carboxylic acid groups (broad SMARTS) is 1. The van der Waals surface area contributed by atoms with Crippen LogP contribution < -0.4 is 9.47 Å². The van der Waals surface area contributed by atoms with Crippen LogP contribution in [0.5, 0.6) is 11.5 Å². The summed E-state index contributed by atoms with van der Waals surface area (Å²) in [5, 5.41) is 10.2. The molecule has 2 heterocycles. The van der Waals surface area contributed by atoms with Crippen molar-refractivity contribution in [1.82, 2.24) is 14.9 Å². The maximum atomic E-state index is 14.0. The summed E-state index contributed by atoms with van der Waals surface area (Å²) >= 11 is 0. The summed E-state index contributed by atoms with van der Waals surface area (Å²) in [6, 6.07) is 4.30. The summed E-state index contributed by atoms with van der Waals surface area (Å²) < 4.78 is 18.0. The minimum Gasteiger partial charge on any atom is -0.493 e. The molecule has 0 bridgehead atoms. The van der Waals surface area contributed by atoms with Crippen molar-refractivity contribution < 1.29 is 28.9 Å². The molecule has 0 unspecified atom stereocenters. The van der Waals surface area contributed by atoms with Crippen LogP contribution in [0.4, 0.5) is 0 Å². The minimum atomic E-state index is -1.07. The Morgan fingerprint density at radius 3 is 2.63 bits per heavy atom. The van der Waals surface area contributed by atoms with Crippen molar-refractivity contribution in [2.45, 2.75) is 76.3 Å². The van der Waals surface area contributed by atoms with Crippen LogP contribution in [-0.2, 0) is 33.9 Å². The summed E-state index contributed by atoms with van der Waals surface area (Å²) in [5.74, 6) is 0.0481. The molecule has 1 saturated carbocycles. The second-order valence-electron chi connectivity index (χ2n) is 9.82. The van der Waals surface area contributed by atoms with Gasteiger partial charge in [-0.3, -0.25) is 4.79 Å². The lowest BCUT2D eigenvalue weighted by Gasteiger charge is -2.38. The number of allylic oxidation sites excluding steroid dienone is 2. The molecule has 0 radical (unpaired) electrons. The van der Waals surface area contributed by atoms with Gasteiger partial charge < -0.3 is 24.2 Å². The highest BCUT2D eigenvalue weighted by molar-refractivity contribution is 5.90. The molecule has 2 aromatic rings. The number of rotatable bonds is 9. The number of nitrogens with zero attached hydrogens (tertiary/aromatic N) is 3. The molecule has 0 saturated heterocycles. The van der Waals surface area contributed by atoms with Gasteiger partial charge in [-0.1, -0.05) is 37.1 Å². The predicted molar refractivity (Wildman–Crippen MR) is 139 cm³/mol. The summed E-state index contributed by atoms with van der Waals surface area (Å²) in [6.07, 6.45) is 14.3. The summed E-state index contributed by atoms with van der Waals surface area (Å²) in [4.78, 5) is 36.4. The number of benzene rings is 1. The zero-order chi connectivity index (χ0) is 26.5. The molecular formula is C29H33N3O6. The van der Waals surface area contributed by atoms with E-state index >= 15 is 0 Å². The quantitative estimate of drug-likeness (QED) is 0.529. The van der Waals surface area contributed by atoms with Gasteiger partial charge in [0.2, 0.25) is 0 Å². The van der Waals surface area contributed by atoms with Crippen molar-refractivity contribution in [1.29, 1.82) is 0 Å². The molecule has 1 aromatic heterocycles. The zero-order valence-corrected chi connectivity index (χ0v) is 21.5. The first-order valence-electron chi connectivity index (χ1n) is 13.2. The summed E-state index contributed by atoms with van der Waals surface area (Å²) in [5.41, 5.74) is 2.33. The average Bonchev–Trinajstić information content (AvgIpc) is 3.48. The van der Waals surface area contributed by atoms with E-state index in [4.69, 9.17) is 14.2 Å². The van der Waals surface area contributed by atoms with Crippen molar-refractivity contribution in [2.75, 3.05) is 7.11 Å². The second-order valence-corrected chi connectivity index (χ2v) is 9.82. The van der Waals surface area contributed by atoms with Crippen molar-refractivity contribution in [3.8, 4) is 11.5 Å². The fourth-order valence-corrected chi connectivity index (χ4v) is 5.40. The van der Waals surface area contributed by atoms with Gasteiger partial charge in [0.15, 0.2) is 23.4 Å². The van der Waals surface area contributed by atoms with Gasteiger partial charge in [-0.05, 0) is 49.0 Å². The lowest BCUT2D eigenvalue weighted by molar-refractivity contribution is -0.157. The number of hydrogen-bond donors (Lipinski definition) is 1. The maximum Gasteiger partial charge on any atom is 0.326 e. The summed E-state index contributed by atoms with van der Waals surface area (Å²) in [7, 11) is 1.54. The molecule has 3 aliphatic rings. The number of carboxylic acids is 1. The van der Waals surface area contributed by atoms with E-state index in [1.165, 1.54) is 12.0 Å². The number of aromatic nitrogens is 2. The molecule has 5 rings (SSSR count). The van der Waals surface area contributed by atoms with Crippen LogP contribution in [0.2, 0.25) is 0 Å². The van der Waals surface area contributed by atoms with Crippen molar-refractivity contribution in [3.05, 3.63) is 71.3 Å². The molecule has 38 heavy (non-hydrogen) atoms. The Morgan fingerprint density at radius 1 is 1.16 bits per heavy atom. The molecule has 2 atom stereocenters. The van der Waals surface area contributed by atoms with Crippen LogP contribution >= 0.6 is 0 Å². The van der Waals surface area contributed by atoms with Crippen molar-refractivity contribution in [2.24, 2.45) is 0 Å². The highest BCUT2D eigenvalue weighted by atomic mass is 16.5. The van der Waals surface area contributed by atoms with E-state index in [1.54, 1.807) is 24.5 Å². The maximum absolute atomic E-state index is 14.0. The van der Waals surface area contributed by atoms with E-state index in [0.717, 1.165) is 49.7 Å². The molecule has 200 valence electrons. The Hall–Kier alpha value is -3.72. The van der Waals surface area contributed by atoms with Crippen molar-refractivity contribution in [3.63, 3.8) is 0 Å². The number of aliphatic carboxylic acids is 1. The van der Waals surface area contributed by atoms with Crippen LogP contribution in [-0.4, -0.2) is 57.2 Å². The molecule has 2 aliphatic carbocycles. The van der Waals surface area contributed by atoms with Gasteiger partial charge in [0, 0.05) is 30.9 Å². The van der Waals surface area contributed by atoms with Gasteiger partial charge in [-0.25, -0.2) is 14.8 Å². The topological polar surface area (TPSA) is 111 Å². The number of fused-ring (bicyclic) bond motifs is 1. The highest BCUT2D eigenvalue weighted by Gasteiger charge is 2.41. The Morgan fingerprint density at radius 2 is 1.95 bits per heavy atom. The van der Waals surface area contributed by atoms with Gasteiger partial charge in [0.25, 0.3) is 5.91 Å². The van der Waals surface area contributed by atoms with E-state index in [0.29, 0.717) is 22.9 Å². The first-order chi connectivity index (χ1) is 18.5. The molecule has 9 nitrogen and oxygen atoms in total. The van der Waals surface area contributed by atoms with Crippen molar-refractivity contribution >= 4 is 11.9 Å². The summed E-state index contributed by atoms with van der Waals surface area (Å²) in [6.45, 7) is 0.237. The molecule has 1 N–H and O–H groups in total. The van der Waals surface area contributed by atoms with Gasteiger partial charge in [0.05, 0.1) is 13.2 Å². The van der Waals surface area contributed by atoms with Gasteiger partial charge in [-0.15, -0.1) is 0 Å². The Balaban J connectivity index is 1.45.